The molecule has 0 aliphatic rings. The molecule has 2 aromatic carbocycles. The minimum absolute atomic E-state index is 0.446. The first-order chi connectivity index (χ1) is 9.70. The van der Waals surface area contributed by atoms with Crippen LogP contribution in [0.15, 0.2) is 42.5 Å². The minimum atomic E-state index is -0.825. The van der Waals surface area contributed by atoms with Crippen LogP contribution in [-0.4, -0.2) is 13.7 Å². The Balaban J connectivity index is 2.04. The van der Waals surface area contributed by atoms with E-state index in [1.54, 1.807) is 13.2 Å². The molecule has 106 valence electrons. The first-order valence-corrected chi connectivity index (χ1v) is 6.45. The second-order valence-electron chi connectivity index (χ2n) is 4.50. The molecule has 0 unspecified atom stereocenters. The van der Waals surface area contributed by atoms with Gasteiger partial charge in [0.05, 0.1) is 6.61 Å². The SMILES string of the molecule is COCCc1ccccc1NCc1ccc(F)c(F)c1. The van der Waals surface area contributed by atoms with Crippen molar-refractivity contribution in [1.29, 1.82) is 0 Å². The average molecular weight is 277 g/mol. The Kier molecular flexibility index (Phi) is 5.07. The van der Waals surface area contributed by atoms with Crippen LogP contribution in [0.4, 0.5) is 14.5 Å². The van der Waals surface area contributed by atoms with Gasteiger partial charge in [0.1, 0.15) is 0 Å². The number of hydrogen-bond donors (Lipinski definition) is 1. The van der Waals surface area contributed by atoms with E-state index in [2.05, 4.69) is 5.32 Å². The zero-order chi connectivity index (χ0) is 14.4. The number of halogens is 2. The van der Waals surface area contributed by atoms with Crippen molar-refractivity contribution in [2.45, 2.75) is 13.0 Å². The molecular weight excluding hydrogens is 260 g/mol. The standard InChI is InChI=1S/C16H17F2NO/c1-20-9-8-13-4-2-3-5-16(13)19-11-12-6-7-14(17)15(18)10-12/h2-7,10,19H,8-9,11H2,1H3. The Morgan fingerprint density at radius 3 is 2.60 bits per heavy atom. The van der Waals surface area contributed by atoms with Crippen LogP contribution in [0.2, 0.25) is 0 Å². The summed E-state index contributed by atoms with van der Waals surface area (Å²) in [7, 11) is 1.66. The fourth-order valence-corrected chi connectivity index (χ4v) is 1.97. The molecule has 0 amide bonds. The Hall–Kier alpha value is -1.94. The zero-order valence-corrected chi connectivity index (χ0v) is 11.3. The van der Waals surface area contributed by atoms with Gasteiger partial charge in [-0.05, 0) is 35.7 Å². The van der Waals surface area contributed by atoms with E-state index < -0.39 is 11.6 Å². The Morgan fingerprint density at radius 2 is 1.85 bits per heavy atom. The molecular formula is C16H17F2NO. The third kappa shape index (κ3) is 3.78. The molecule has 4 heteroatoms. The molecule has 0 aliphatic heterocycles. The van der Waals surface area contributed by atoms with E-state index >= 15 is 0 Å². The van der Waals surface area contributed by atoms with Gasteiger partial charge in [-0.25, -0.2) is 8.78 Å². The van der Waals surface area contributed by atoms with E-state index in [9.17, 15) is 8.78 Å². The predicted octanol–water partition coefficient (Wildman–Crippen LogP) is 3.77. The number of methoxy groups -OCH3 is 1. The van der Waals surface area contributed by atoms with E-state index in [4.69, 9.17) is 4.74 Å². The van der Waals surface area contributed by atoms with Crippen LogP contribution < -0.4 is 5.32 Å². The van der Waals surface area contributed by atoms with Gasteiger partial charge < -0.3 is 10.1 Å². The molecule has 0 bridgehead atoms. The number of anilines is 1. The lowest BCUT2D eigenvalue weighted by Gasteiger charge is -2.12. The highest BCUT2D eigenvalue weighted by molar-refractivity contribution is 5.51. The third-order valence-corrected chi connectivity index (χ3v) is 3.06. The molecule has 1 N–H and O–H groups in total. The quantitative estimate of drug-likeness (QED) is 0.868. The third-order valence-electron chi connectivity index (χ3n) is 3.06. The van der Waals surface area contributed by atoms with Crippen molar-refractivity contribution in [2.24, 2.45) is 0 Å². The van der Waals surface area contributed by atoms with Crippen molar-refractivity contribution in [1.82, 2.24) is 0 Å². The first kappa shape index (κ1) is 14.5. The number of nitrogens with one attached hydrogen (secondary N) is 1. The maximum Gasteiger partial charge on any atom is 0.159 e. The summed E-state index contributed by atoms with van der Waals surface area (Å²) in [6.07, 6.45) is 0.803. The molecule has 0 saturated heterocycles. The van der Waals surface area contributed by atoms with Crippen molar-refractivity contribution in [3.05, 3.63) is 65.2 Å². The topological polar surface area (TPSA) is 21.3 Å². The van der Waals surface area contributed by atoms with Crippen LogP contribution in [0.5, 0.6) is 0 Å². The van der Waals surface area contributed by atoms with Crippen LogP contribution in [0.3, 0.4) is 0 Å². The number of para-hydroxylation sites is 1. The van der Waals surface area contributed by atoms with Crippen LogP contribution in [-0.2, 0) is 17.7 Å². The van der Waals surface area contributed by atoms with Gasteiger partial charge >= 0.3 is 0 Å². The zero-order valence-electron chi connectivity index (χ0n) is 11.3. The summed E-state index contributed by atoms with van der Waals surface area (Å²) < 4.78 is 31.1. The highest BCUT2D eigenvalue weighted by atomic mass is 19.2. The molecule has 2 rings (SSSR count). The van der Waals surface area contributed by atoms with Gasteiger partial charge in [0.2, 0.25) is 0 Å². The predicted molar refractivity (Wildman–Crippen MR) is 75.7 cm³/mol. The van der Waals surface area contributed by atoms with E-state index in [-0.39, 0.29) is 0 Å². The lowest BCUT2D eigenvalue weighted by atomic mass is 10.1. The highest BCUT2D eigenvalue weighted by Crippen LogP contribution is 2.17. The Bertz CT molecular complexity index is 572. The number of hydrogen-bond acceptors (Lipinski definition) is 2. The molecule has 0 atom stereocenters. The van der Waals surface area contributed by atoms with Crippen LogP contribution in [0.25, 0.3) is 0 Å². The summed E-state index contributed by atoms with van der Waals surface area (Å²) in [5, 5.41) is 3.24. The molecule has 0 aliphatic carbocycles. The number of benzene rings is 2. The first-order valence-electron chi connectivity index (χ1n) is 6.45. The summed E-state index contributed by atoms with van der Waals surface area (Å²) in [5.41, 5.74) is 2.82. The normalized spacial score (nSPS) is 10.6. The Morgan fingerprint density at radius 1 is 1.05 bits per heavy atom. The van der Waals surface area contributed by atoms with Crippen LogP contribution in [0.1, 0.15) is 11.1 Å². The van der Waals surface area contributed by atoms with Gasteiger partial charge in [-0.2, -0.15) is 0 Å². The van der Waals surface area contributed by atoms with E-state index in [0.29, 0.717) is 18.7 Å². The van der Waals surface area contributed by atoms with E-state index in [1.807, 2.05) is 24.3 Å². The maximum atomic E-state index is 13.1. The lowest BCUT2D eigenvalue weighted by Crippen LogP contribution is -2.04. The van der Waals surface area contributed by atoms with Gasteiger partial charge in [-0.1, -0.05) is 24.3 Å². The second kappa shape index (κ2) is 7.01. The van der Waals surface area contributed by atoms with Gasteiger partial charge in [0.15, 0.2) is 11.6 Å². The van der Waals surface area contributed by atoms with E-state index in [0.717, 1.165) is 23.7 Å². The van der Waals surface area contributed by atoms with Gasteiger partial charge in [0.25, 0.3) is 0 Å². The molecule has 2 nitrogen and oxygen atoms in total. The summed E-state index contributed by atoms with van der Waals surface area (Å²) >= 11 is 0. The van der Waals surface area contributed by atoms with Crippen molar-refractivity contribution in [3.63, 3.8) is 0 Å². The maximum absolute atomic E-state index is 13.1. The number of ether oxygens (including phenoxy) is 1. The molecule has 2 aromatic rings. The van der Waals surface area contributed by atoms with Crippen molar-refractivity contribution >= 4 is 5.69 Å². The summed E-state index contributed by atoms with van der Waals surface area (Å²) in [6, 6.07) is 11.8. The average Bonchev–Trinajstić information content (AvgIpc) is 2.47. The van der Waals surface area contributed by atoms with Gasteiger partial charge in [0, 0.05) is 19.3 Å². The molecule has 0 radical (unpaired) electrons. The largest absolute Gasteiger partial charge is 0.384 e. The molecule has 20 heavy (non-hydrogen) atoms. The Labute approximate surface area is 117 Å². The van der Waals surface area contributed by atoms with Gasteiger partial charge in [-0.15, -0.1) is 0 Å². The monoisotopic (exact) mass is 277 g/mol. The van der Waals surface area contributed by atoms with Crippen LogP contribution in [0, 0.1) is 11.6 Å². The van der Waals surface area contributed by atoms with Crippen molar-refractivity contribution in [3.8, 4) is 0 Å². The van der Waals surface area contributed by atoms with E-state index in [1.165, 1.54) is 6.07 Å². The van der Waals surface area contributed by atoms with Crippen molar-refractivity contribution in [2.75, 3.05) is 19.0 Å². The number of rotatable bonds is 6. The fraction of sp³-hybridized carbons (Fsp3) is 0.250. The molecule has 0 aromatic heterocycles. The lowest BCUT2D eigenvalue weighted by molar-refractivity contribution is 0.202. The summed E-state index contributed by atoms with van der Waals surface area (Å²) in [6.45, 7) is 1.09. The smallest absolute Gasteiger partial charge is 0.159 e. The fourth-order valence-electron chi connectivity index (χ4n) is 1.97. The molecule has 0 spiro atoms. The van der Waals surface area contributed by atoms with Crippen LogP contribution >= 0.6 is 0 Å². The molecule has 0 heterocycles. The molecule has 0 saturated carbocycles. The second-order valence-corrected chi connectivity index (χ2v) is 4.50. The highest BCUT2D eigenvalue weighted by Gasteiger charge is 2.04. The molecule has 0 fully saturated rings. The van der Waals surface area contributed by atoms with Crippen molar-refractivity contribution < 1.29 is 13.5 Å². The van der Waals surface area contributed by atoms with Gasteiger partial charge in [-0.3, -0.25) is 0 Å². The minimum Gasteiger partial charge on any atom is -0.384 e. The summed E-state index contributed by atoms with van der Waals surface area (Å²) in [5.74, 6) is -1.65. The summed E-state index contributed by atoms with van der Waals surface area (Å²) in [4.78, 5) is 0.